The predicted octanol–water partition coefficient (Wildman–Crippen LogP) is 3.22. The number of aromatic nitrogens is 3. The highest BCUT2D eigenvalue weighted by Crippen LogP contribution is 2.33. The third-order valence-corrected chi connectivity index (χ3v) is 6.61. The molecule has 4 rings (SSSR count). The molecule has 168 valence electrons. The maximum Gasteiger partial charge on any atom is 0.435 e. The summed E-state index contributed by atoms with van der Waals surface area (Å²) in [6.45, 7) is 0.329. The largest absolute Gasteiger partial charge is 0.435 e. The Morgan fingerprint density at radius 1 is 1.00 bits per heavy atom. The smallest absolute Gasteiger partial charge is 0.321 e. The van der Waals surface area contributed by atoms with Gasteiger partial charge in [0, 0.05) is 12.2 Å². The van der Waals surface area contributed by atoms with Gasteiger partial charge in [0.1, 0.15) is 5.82 Å². The van der Waals surface area contributed by atoms with Crippen molar-refractivity contribution in [1.82, 2.24) is 15.0 Å². The summed E-state index contributed by atoms with van der Waals surface area (Å²) in [7, 11) is -3.39. The van der Waals surface area contributed by atoms with E-state index in [1.54, 1.807) is 0 Å². The number of nitrogens with one attached hydrogen (secondary N) is 1. The van der Waals surface area contributed by atoms with E-state index < -0.39 is 39.3 Å². The molecular weight excluding hydrogens is 454 g/mol. The molecule has 1 aliphatic rings. The molecule has 0 unspecified atom stereocenters. The summed E-state index contributed by atoms with van der Waals surface area (Å²) in [5, 5.41) is 9.09. The van der Waals surface area contributed by atoms with Crippen molar-refractivity contribution in [2.24, 2.45) is 0 Å². The van der Waals surface area contributed by atoms with Crippen LogP contribution < -0.4 is 9.62 Å². The molecule has 2 aromatic carbocycles. The highest BCUT2D eigenvalue weighted by molar-refractivity contribution is 7.93. The van der Waals surface area contributed by atoms with Crippen molar-refractivity contribution in [2.45, 2.75) is 12.6 Å². The Morgan fingerprint density at radius 3 is 2.19 bits per heavy atom. The van der Waals surface area contributed by atoms with E-state index >= 15 is 0 Å². The molecule has 0 radical (unpaired) electrons. The van der Waals surface area contributed by atoms with Gasteiger partial charge in [-0.1, -0.05) is 5.21 Å². The lowest BCUT2D eigenvalue weighted by molar-refractivity contribution is -0.143. The summed E-state index contributed by atoms with van der Waals surface area (Å²) in [4.78, 5) is 12.5. The maximum atomic E-state index is 13.7. The van der Waals surface area contributed by atoms with Crippen LogP contribution in [0.5, 0.6) is 0 Å². The Kier molecular flexibility index (Phi) is 5.36. The molecule has 0 aliphatic carbocycles. The lowest BCUT2D eigenvalue weighted by atomic mass is 10.2. The molecule has 32 heavy (non-hydrogen) atoms. The van der Waals surface area contributed by atoms with Crippen LogP contribution in [-0.2, 0) is 16.2 Å². The number of alkyl halides is 3. The van der Waals surface area contributed by atoms with Gasteiger partial charge in [-0.3, -0.25) is 9.10 Å². The zero-order valence-electron chi connectivity index (χ0n) is 16.2. The number of rotatable bonds is 4. The predicted molar refractivity (Wildman–Crippen MR) is 106 cm³/mol. The Balaban J connectivity index is 1.60. The van der Waals surface area contributed by atoms with Gasteiger partial charge in [-0.05, 0) is 55.0 Å². The molecule has 1 N–H and O–H groups in total. The van der Waals surface area contributed by atoms with Gasteiger partial charge in [-0.15, -0.1) is 5.10 Å². The topological polar surface area (TPSA) is 97.2 Å². The fourth-order valence-corrected chi connectivity index (χ4v) is 4.85. The van der Waals surface area contributed by atoms with Gasteiger partial charge < -0.3 is 5.32 Å². The molecule has 13 heteroatoms. The Morgan fingerprint density at radius 2 is 1.62 bits per heavy atom. The fraction of sp³-hybridized carbons (Fsp3) is 0.211. The van der Waals surface area contributed by atoms with Gasteiger partial charge in [-0.2, -0.15) is 13.2 Å². The third-order valence-electron chi connectivity index (χ3n) is 4.74. The Labute approximate surface area is 179 Å². The van der Waals surface area contributed by atoms with Gasteiger partial charge in [0.05, 0.1) is 17.1 Å². The molecule has 0 atom stereocenters. The average molecular weight is 469 g/mol. The molecule has 0 bridgehead atoms. The number of hydrogen-bond donors (Lipinski definition) is 1. The standard InChI is InChI=1S/C19H15F4N5O3S/c20-12-2-6-15(7-3-12)28-17(19(21,22)23)16(25-26-28)18(29)24-13-4-8-14(9-5-13)27-10-1-11-32(27,30)31/h2-9H,1,10-11H2,(H,24,29). The SMILES string of the molecule is O=C(Nc1ccc(N2CCCS2(=O)=O)cc1)c1nnn(-c2ccc(F)cc2)c1C(F)(F)F. The van der Waals surface area contributed by atoms with E-state index in [9.17, 15) is 30.8 Å². The van der Waals surface area contributed by atoms with Crippen LogP contribution in [0.4, 0.5) is 28.9 Å². The number of carbonyl (C=O) groups excluding carboxylic acids is 1. The van der Waals surface area contributed by atoms with E-state index in [2.05, 4.69) is 15.6 Å². The van der Waals surface area contributed by atoms with Crippen LogP contribution in [0.25, 0.3) is 5.69 Å². The van der Waals surface area contributed by atoms with Crippen molar-refractivity contribution in [3.05, 3.63) is 65.7 Å². The second-order valence-electron chi connectivity index (χ2n) is 6.92. The summed E-state index contributed by atoms with van der Waals surface area (Å²) < 4.78 is 79.8. The zero-order chi connectivity index (χ0) is 23.1. The van der Waals surface area contributed by atoms with Crippen molar-refractivity contribution < 1.29 is 30.8 Å². The molecule has 1 amide bonds. The lowest BCUT2D eigenvalue weighted by Crippen LogP contribution is -2.25. The number of halogens is 4. The molecule has 1 aliphatic heterocycles. The molecule has 3 aromatic rings. The van der Waals surface area contributed by atoms with Gasteiger partial charge in [0.15, 0.2) is 11.4 Å². The molecule has 0 spiro atoms. The summed E-state index contributed by atoms with van der Waals surface area (Å²) in [6, 6.07) is 9.70. The van der Waals surface area contributed by atoms with Crippen LogP contribution in [0.1, 0.15) is 22.6 Å². The van der Waals surface area contributed by atoms with Crippen LogP contribution in [0.15, 0.2) is 48.5 Å². The minimum atomic E-state index is -4.97. The van der Waals surface area contributed by atoms with Crippen LogP contribution >= 0.6 is 0 Å². The zero-order valence-corrected chi connectivity index (χ0v) is 17.0. The molecule has 1 fully saturated rings. The Hall–Kier alpha value is -3.48. The van der Waals surface area contributed by atoms with Gasteiger partial charge in [-0.25, -0.2) is 17.5 Å². The van der Waals surface area contributed by atoms with Crippen LogP contribution in [0.2, 0.25) is 0 Å². The third kappa shape index (κ3) is 4.15. The van der Waals surface area contributed by atoms with Gasteiger partial charge >= 0.3 is 6.18 Å². The van der Waals surface area contributed by atoms with Crippen molar-refractivity contribution in [3.63, 3.8) is 0 Å². The number of hydrogen-bond acceptors (Lipinski definition) is 5. The van der Waals surface area contributed by atoms with E-state index in [1.165, 1.54) is 28.6 Å². The summed E-state index contributed by atoms with van der Waals surface area (Å²) >= 11 is 0. The van der Waals surface area contributed by atoms with E-state index in [-0.39, 0.29) is 17.1 Å². The first-order valence-electron chi connectivity index (χ1n) is 9.27. The summed E-state index contributed by atoms with van der Waals surface area (Å²) in [5.41, 5.74) is -1.98. The van der Waals surface area contributed by atoms with E-state index in [4.69, 9.17) is 0 Å². The van der Waals surface area contributed by atoms with E-state index in [0.29, 0.717) is 23.3 Å². The van der Waals surface area contributed by atoms with Gasteiger partial charge in [0.25, 0.3) is 5.91 Å². The molecular formula is C19H15F4N5O3S. The summed E-state index contributed by atoms with van der Waals surface area (Å²) in [5.74, 6) is -1.77. The number of carbonyl (C=O) groups is 1. The number of amides is 1. The number of nitrogens with zero attached hydrogens (tertiary/aromatic N) is 4. The number of sulfonamides is 1. The molecule has 1 aromatic heterocycles. The summed E-state index contributed by atoms with van der Waals surface area (Å²) in [6.07, 6.45) is -4.48. The van der Waals surface area contributed by atoms with Crippen LogP contribution in [-0.4, -0.2) is 41.6 Å². The minimum Gasteiger partial charge on any atom is -0.321 e. The van der Waals surface area contributed by atoms with Crippen molar-refractivity contribution in [2.75, 3.05) is 21.9 Å². The Bertz CT molecular complexity index is 1260. The average Bonchev–Trinajstić information content (AvgIpc) is 3.32. The first-order valence-corrected chi connectivity index (χ1v) is 10.9. The van der Waals surface area contributed by atoms with Crippen molar-refractivity contribution >= 4 is 27.3 Å². The van der Waals surface area contributed by atoms with Crippen molar-refractivity contribution in [1.29, 1.82) is 0 Å². The van der Waals surface area contributed by atoms with E-state index in [1.807, 2.05) is 0 Å². The number of benzene rings is 2. The fourth-order valence-electron chi connectivity index (χ4n) is 3.28. The quantitative estimate of drug-likeness (QED) is 0.592. The van der Waals surface area contributed by atoms with Crippen LogP contribution in [0, 0.1) is 5.82 Å². The lowest BCUT2D eigenvalue weighted by Gasteiger charge is -2.17. The molecule has 8 nitrogen and oxygen atoms in total. The van der Waals surface area contributed by atoms with E-state index in [0.717, 1.165) is 24.3 Å². The normalized spacial score (nSPS) is 15.7. The monoisotopic (exact) mass is 469 g/mol. The number of anilines is 2. The maximum absolute atomic E-state index is 13.7. The first-order chi connectivity index (χ1) is 15.1. The molecule has 0 saturated carbocycles. The first kappa shape index (κ1) is 21.7. The molecule has 1 saturated heterocycles. The second-order valence-corrected chi connectivity index (χ2v) is 8.93. The highest BCUT2D eigenvalue weighted by Gasteiger charge is 2.42. The van der Waals surface area contributed by atoms with Gasteiger partial charge in [0.2, 0.25) is 10.0 Å². The van der Waals surface area contributed by atoms with Crippen molar-refractivity contribution in [3.8, 4) is 5.69 Å². The second kappa shape index (κ2) is 7.89. The van der Waals surface area contributed by atoms with Crippen LogP contribution in [0.3, 0.4) is 0 Å². The minimum absolute atomic E-state index is 0.0371. The molecule has 2 heterocycles. The highest BCUT2D eigenvalue weighted by atomic mass is 32.2.